The Kier molecular flexibility index (Phi) is 6.66. The van der Waals surface area contributed by atoms with E-state index in [4.69, 9.17) is 11.6 Å². The number of nitrogens with zero attached hydrogens (tertiary/aromatic N) is 2. The molecule has 0 aliphatic carbocycles. The second-order valence-electron chi connectivity index (χ2n) is 6.79. The van der Waals surface area contributed by atoms with Crippen LogP contribution >= 0.6 is 22.9 Å². The third-order valence-corrected chi connectivity index (χ3v) is 8.13. The summed E-state index contributed by atoms with van der Waals surface area (Å²) in [6.07, 6.45) is -2.76. The highest BCUT2D eigenvalue weighted by Gasteiger charge is 2.32. The minimum absolute atomic E-state index is 0.00157. The van der Waals surface area contributed by atoms with Gasteiger partial charge in [-0.05, 0) is 43.2 Å². The lowest BCUT2D eigenvalue weighted by atomic mass is 10.1. The molecule has 0 atom stereocenters. The molecule has 2 heterocycles. The first-order valence-corrected chi connectivity index (χ1v) is 11.6. The van der Waals surface area contributed by atoms with Gasteiger partial charge in [0.2, 0.25) is 5.91 Å². The predicted octanol–water partition coefficient (Wildman–Crippen LogP) is 4.28. The number of hydrogen-bond donors (Lipinski definition) is 1. The quantitative estimate of drug-likeness (QED) is 0.668. The van der Waals surface area contributed by atoms with Gasteiger partial charge in [-0.15, -0.1) is 11.3 Å². The average Bonchev–Trinajstić information content (AvgIpc) is 3.32. The third kappa shape index (κ3) is 5.08. The Balaban J connectivity index is 1.81. The largest absolute Gasteiger partial charge is 0.416 e. The highest BCUT2D eigenvalue weighted by atomic mass is 35.5. The van der Waals surface area contributed by atoms with Gasteiger partial charge < -0.3 is 10.2 Å². The van der Waals surface area contributed by atoms with Crippen molar-refractivity contribution >= 4 is 50.2 Å². The molecule has 1 aliphatic rings. The van der Waals surface area contributed by atoms with Crippen LogP contribution in [0.3, 0.4) is 0 Å². The number of nitrogens with one attached hydrogen (secondary N) is 1. The van der Waals surface area contributed by atoms with E-state index < -0.39 is 34.2 Å². The predicted molar refractivity (Wildman–Crippen MR) is 111 cm³/mol. The highest BCUT2D eigenvalue weighted by Crippen LogP contribution is 2.36. The van der Waals surface area contributed by atoms with Crippen molar-refractivity contribution in [3.8, 4) is 0 Å². The van der Waals surface area contributed by atoms with Crippen LogP contribution < -0.4 is 10.2 Å². The van der Waals surface area contributed by atoms with Crippen LogP contribution in [0.15, 0.2) is 34.5 Å². The second-order valence-corrected chi connectivity index (χ2v) is 10.8. The first kappa shape index (κ1) is 22.9. The van der Waals surface area contributed by atoms with Crippen LogP contribution in [-0.4, -0.2) is 45.3 Å². The number of sulfonamides is 1. The molecular formula is C18H19ClF3N3O3S2. The number of hydrogen-bond acceptors (Lipinski definition) is 5. The van der Waals surface area contributed by atoms with Crippen LogP contribution in [0.1, 0.15) is 18.4 Å². The van der Waals surface area contributed by atoms with Crippen molar-refractivity contribution in [2.75, 3.05) is 36.9 Å². The molecule has 3 rings (SSSR count). The van der Waals surface area contributed by atoms with Gasteiger partial charge in [-0.3, -0.25) is 4.79 Å². The Bertz CT molecular complexity index is 1030. The molecule has 0 unspecified atom stereocenters. The van der Waals surface area contributed by atoms with Gasteiger partial charge in [0.05, 0.1) is 27.8 Å². The van der Waals surface area contributed by atoms with Crippen molar-refractivity contribution in [1.29, 1.82) is 0 Å². The molecule has 1 aromatic carbocycles. The number of carbonyl (C=O) groups is 1. The number of thiophene rings is 1. The molecule has 1 fully saturated rings. The monoisotopic (exact) mass is 481 g/mol. The lowest BCUT2D eigenvalue weighted by molar-refractivity contribution is -0.137. The molecule has 0 spiro atoms. The Morgan fingerprint density at radius 2 is 1.90 bits per heavy atom. The number of benzene rings is 1. The fourth-order valence-electron chi connectivity index (χ4n) is 3.11. The van der Waals surface area contributed by atoms with Crippen molar-refractivity contribution in [2.24, 2.45) is 0 Å². The first-order valence-electron chi connectivity index (χ1n) is 8.96. The number of halogens is 4. The molecule has 164 valence electrons. The van der Waals surface area contributed by atoms with E-state index in [9.17, 15) is 26.4 Å². The normalized spacial score (nSPS) is 15.1. The van der Waals surface area contributed by atoms with Crippen LogP contribution in [0.5, 0.6) is 0 Å². The van der Waals surface area contributed by atoms with Crippen LogP contribution in [0.4, 0.5) is 24.5 Å². The molecule has 1 amide bonds. The zero-order valence-electron chi connectivity index (χ0n) is 15.9. The van der Waals surface area contributed by atoms with Crippen molar-refractivity contribution in [3.63, 3.8) is 0 Å². The van der Waals surface area contributed by atoms with Crippen LogP contribution in [0.25, 0.3) is 0 Å². The van der Waals surface area contributed by atoms with Gasteiger partial charge in [-0.2, -0.15) is 17.5 Å². The van der Waals surface area contributed by atoms with Crippen molar-refractivity contribution in [1.82, 2.24) is 4.31 Å². The van der Waals surface area contributed by atoms with Gasteiger partial charge in [-0.25, -0.2) is 8.42 Å². The Hall–Kier alpha value is -1.82. The summed E-state index contributed by atoms with van der Waals surface area (Å²) in [4.78, 5) is 14.4. The fraction of sp³-hybridized carbons (Fsp3) is 0.389. The number of anilines is 2. The number of amides is 1. The maximum atomic E-state index is 13.1. The molecular weight excluding hydrogens is 463 g/mol. The summed E-state index contributed by atoms with van der Waals surface area (Å²) in [5.74, 6) is -0.747. The van der Waals surface area contributed by atoms with Gasteiger partial charge in [0.25, 0.3) is 10.0 Å². The van der Waals surface area contributed by atoms with Crippen molar-refractivity contribution in [3.05, 3.63) is 40.2 Å². The maximum Gasteiger partial charge on any atom is 0.416 e. The lowest BCUT2D eigenvalue weighted by Gasteiger charge is -2.23. The Labute approximate surface area is 181 Å². The molecule has 0 saturated carbocycles. The highest BCUT2D eigenvalue weighted by molar-refractivity contribution is 7.91. The van der Waals surface area contributed by atoms with Crippen LogP contribution in [0, 0.1) is 0 Å². The molecule has 30 heavy (non-hydrogen) atoms. The smallest absolute Gasteiger partial charge is 0.370 e. The number of likely N-dealkylation sites (N-methyl/N-ethyl adjacent to an activating group) is 1. The Morgan fingerprint density at radius 1 is 1.23 bits per heavy atom. The molecule has 6 nitrogen and oxygen atoms in total. The third-order valence-electron chi connectivity index (χ3n) is 4.62. The van der Waals surface area contributed by atoms with E-state index >= 15 is 0 Å². The zero-order valence-corrected chi connectivity index (χ0v) is 18.3. The first-order chi connectivity index (χ1) is 14.0. The summed E-state index contributed by atoms with van der Waals surface area (Å²) in [5, 5.41) is 2.45. The van der Waals surface area contributed by atoms with Gasteiger partial charge in [0, 0.05) is 20.1 Å². The van der Waals surface area contributed by atoms with E-state index in [0.29, 0.717) is 18.8 Å². The molecule has 0 radical (unpaired) electrons. The summed E-state index contributed by atoms with van der Waals surface area (Å²) in [7, 11) is -2.73. The average molecular weight is 482 g/mol. The SMILES string of the molecule is CN(CC(=O)Nc1cc(C(F)(F)F)ccc1N1CCCC1)S(=O)(=O)c1ccc(Cl)s1. The number of alkyl halides is 3. The Morgan fingerprint density at radius 3 is 2.47 bits per heavy atom. The minimum Gasteiger partial charge on any atom is -0.370 e. The van der Waals surface area contributed by atoms with E-state index in [1.165, 1.54) is 25.2 Å². The molecule has 1 aliphatic heterocycles. The number of rotatable bonds is 6. The van der Waals surface area contributed by atoms with Crippen LogP contribution in [0.2, 0.25) is 4.34 Å². The molecule has 0 bridgehead atoms. The topological polar surface area (TPSA) is 69.7 Å². The van der Waals surface area contributed by atoms with E-state index in [1.54, 1.807) is 0 Å². The minimum atomic E-state index is -4.57. The number of carbonyl (C=O) groups excluding carboxylic acids is 1. The van der Waals surface area contributed by atoms with Gasteiger partial charge in [0.15, 0.2) is 0 Å². The molecule has 1 N–H and O–H groups in total. The van der Waals surface area contributed by atoms with E-state index in [0.717, 1.165) is 40.6 Å². The van der Waals surface area contributed by atoms with Crippen LogP contribution in [-0.2, 0) is 21.0 Å². The van der Waals surface area contributed by atoms with Gasteiger partial charge in [-0.1, -0.05) is 11.6 Å². The van der Waals surface area contributed by atoms with E-state index in [1.807, 2.05) is 4.90 Å². The summed E-state index contributed by atoms with van der Waals surface area (Å²) < 4.78 is 65.6. The lowest BCUT2D eigenvalue weighted by Crippen LogP contribution is -2.35. The molecule has 1 saturated heterocycles. The summed E-state index contributed by atoms with van der Waals surface area (Å²) in [6, 6.07) is 5.93. The van der Waals surface area contributed by atoms with Crippen molar-refractivity contribution in [2.45, 2.75) is 23.2 Å². The van der Waals surface area contributed by atoms with Crippen molar-refractivity contribution < 1.29 is 26.4 Å². The fourth-order valence-corrected chi connectivity index (χ4v) is 5.93. The molecule has 12 heteroatoms. The maximum absolute atomic E-state index is 13.1. The second kappa shape index (κ2) is 8.74. The molecule has 1 aromatic heterocycles. The standard InChI is InChI=1S/C18H19ClF3N3O3S2/c1-24(30(27,28)17-7-6-15(19)29-17)11-16(26)23-13-10-12(18(20,21)22)4-5-14(13)25-8-2-3-9-25/h4-7,10H,2-3,8-9,11H2,1H3,(H,23,26). The molecule has 2 aromatic rings. The van der Waals surface area contributed by atoms with Gasteiger partial charge >= 0.3 is 6.18 Å². The van der Waals surface area contributed by atoms with E-state index in [-0.39, 0.29) is 14.2 Å². The summed E-state index contributed by atoms with van der Waals surface area (Å²) in [5.41, 5.74) is -0.416. The van der Waals surface area contributed by atoms with Gasteiger partial charge in [0.1, 0.15) is 4.21 Å². The van der Waals surface area contributed by atoms with E-state index in [2.05, 4.69) is 5.32 Å². The zero-order chi connectivity index (χ0) is 22.1. The summed E-state index contributed by atoms with van der Waals surface area (Å²) >= 11 is 6.63. The summed E-state index contributed by atoms with van der Waals surface area (Å²) in [6.45, 7) is 0.775.